The lowest BCUT2D eigenvalue weighted by Gasteiger charge is -2.27. The van der Waals surface area contributed by atoms with E-state index in [1.807, 2.05) is 0 Å². The molecule has 0 saturated heterocycles. The first-order valence-corrected chi connectivity index (χ1v) is 7.94. The number of rotatable bonds is 3. The highest BCUT2D eigenvalue weighted by Gasteiger charge is 2.38. The van der Waals surface area contributed by atoms with Gasteiger partial charge in [-0.1, -0.05) is 12.1 Å². The Labute approximate surface area is 156 Å². The fourth-order valence-electron chi connectivity index (χ4n) is 3.36. The molecular weight excluding hydrogens is 368 g/mol. The van der Waals surface area contributed by atoms with Crippen molar-refractivity contribution in [2.45, 2.75) is 0 Å². The van der Waals surface area contributed by atoms with Crippen LogP contribution < -0.4 is 10.6 Å². The minimum absolute atomic E-state index is 0.0536. The molecule has 0 atom stereocenters. The summed E-state index contributed by atoms with van der Waals surface area (Å²) in [7, 11) is 0. The third-order valence-corrected chi connectivity index (χ3v) is 4.55. The number of carbonyl (C=O) groups is 2. The molecule has 0 saturated carbocycles. The molecule has 138 valence electrons. The lowest BCUT2D eigenvalue weighted by atomic mass is 9.91. The number of nitro benzene ring substituents is 2. The van der Waals surface area contributed by atoms with E-state index >= 15 is 0 Å². The van der Waals surface area contributed by atoms with Crippen molar-refractivity contribution in [2.24, 2.45) is 0 Å². The molecule has 10 heteroatoms. The van der Waals surface area contributed by atoms with Crippen LogP contribution >= 0.6 is 0 Å². The molecule has 2 N–H and O–H groups in total. The number of nitrogens with two attached hydrogens (primary N) is 1. The maximum atomic E-state index is 13.0. The second kappa shape index (κ2) is 5.84. The van der Waals surface area contributed by atoms with Gasteiger partial charge in [0.2, 0.25) is 0 Å². The lowest BCUT2D eigenvalue weighted by molar-refractivity contribution is -0.390. The third kappa shape index (κ3) is 2.21. The molecule has 1 heterocycles. The summed E-state index contributed by atoms with van der Waals surface area (Å²) >= 11 is 0. The molecular formula is C18H10N4O6. The van der Waals surface area contributed by atoms with Gasteiger partial charge in [0, 0.05) is 28.6 Å². The largest absolute Gasteiger partial charge is 0.397 e. The Hall–Kier alpha value is -4.34. The summed E-state index contributed by atoms with van der Waals surface area (Å²) in [6.45, 7) is 0. The molecule has 0 bridgehead atoms. The molecule has 4 rings (SSSR count). The van der Waals surface area contributed by atoms with E-state index < -0.39 is 33.0 Å². The number of hydrogen-bond donors (Lipinski definition) is 1. The number of anilines is 2. The Bertz CT molecular complexity index is 1170. The van der Waals surface area contributed by atoms with E-state index in [1.165, 1.54) is 24.3 Å². The minimum atomic E-state index is -0.785. The van der Waals surface area contributed by atoms with Gasteiger partial charge in [0.15, 0.2) is 0 Å². The van der Waals surface area contributed by atoms with Crippen molar-refractivity contribution in [1.82, 2.24) is 0 Å². The molecule has 2 amide bonds. The van der Waals surface area contributed by atoms with Crippen LogP contribution in [0.15, 0.2) is 48.5 Å². The first-order chi connectivity index (χ1) is 13.3. The predicted molar refractivity (Wildman–Crippen MR) is 99.3 cm³/mol. The second-order valence-corrected chi connectivity index (χ2v) is 6.03. The summed E-state index contributed by atoms with van der Waals surface area (Å²) in [5.41, 5.74) is 5.03. The van der Waals surface area contributed by atoms with Crippen LogP contribution in [0.25, 0.3) is 10.8 Å². The standard InChI is InChI=1S/C18H10N4O6/c19-11-3-1-2-4-12(11)20-17(23)9-5-7-13(21(25)26)16-14(22(27)28)8-6-10(15(9)16)18(20)24/h1-8H,19H2. The maximum Gasteiger partial charge on any atom is 0.284 e. The van der Waals surface area contributed by atoms with Crippen LogP contribution in [0, 0.1) is 20.2 Å². The smallest absolute Gasteiger partial charge is 0.284 e. The van der Waals surface area contributed by atoms with Crippen molar-refractivity contribution in [3.8, 4) is 0 Å². The zero-order valence-electron chi connectivity index (χ0n) is 14.0. The number of amides is 2. The molecule has 0 aromatic heterocycles. The van der Waals surface area contributed by atoms with Crippen LogP contribution in [-0.2, 0) is 0 Å². The minimum Gasteiger partial charge on any atom is -0.397 e. The van der Waals surface area contributed by atoms with Gasteiger partial charge in [0.1, 0.15) is 5.39 Å². The summed E-state index contributed by atoms with van der Waals surface area (Å²) in [5, 5.41) is 22.3. The number of non-ortho nitro benzene ring substituents is 2. The van der Waals surface area contributed by atoms with Gasteiger partial charge in [0.05, 0.1) is 21.2 Å². The van der Waals surface area contributed by atoms with Gasteiger partial charge in [-0.3, -0.25) is 29.8 Å². The van der Waals surface area contributed by atoms with E-state index in [4.69, 9.17) is 5.73 Å². The van der Waals surface area contributed by atoms with Gasteiger partial charge in [-0.2, -0.15) is 0 Å². The normalized spacial score (nSPS) is 13.1. The monoisotopic (exact) mass is 378 g/mol. The van der Waals surface area contributed by atoms with E-state index in [2.05, 4.69) is 0 Å². The highest BCUT2D eigenvalue weighted by atomic mass is 16.6. The van der Waals surface area contributed by atoms with Crippen LogP contribution in [0.4, 0.5) is 22.7 Å². The summed E-state index contributed by atoms with van der Waals surface area (Å²) in [5.74, 6) is -1.54. The Morgan fingerprint density at radius 1 is 0.750 bits per heavy atom. The Morgan fingerprint density at radius 2 is 1.25 bits per heavy atom. The molecule has 10 nitrogen and oxygen atoms in total. The molecule has 0 fully saturated rings. The molecule has 0 unspecified atom stereocenters. The molecule has 0 aliphatic carbocycles. The van der Waals surface area contributed by atoms with Crippen LogP contribution in [0.2, 0.25) is 0 Å². The lowest BCUT2D eigenvalue weighted by Crippen LogP contribution is -2.40. The van der Waals surface area contributed by atoms with Crippen molar-refractivity contribution in [2.75, 3.05) is 10.6 Å². The first kappa shape index (κ1) is 17.1. The highest BCUT2D eigenvalue weighted by molar-refractivity contribution is 6.37. The Balaban J connectivity index is 2.09. The SMILES string of the molecule is Nc1ccccc1N1C(=O)c2ccc([N+](=O)[O-])c3c([N+](=O)[O-])ccc(c23)C1=O. The first-order valence-electron chi connectivity index (χ1n) is 7.94. The summed E-state index contributed by atoms with van der Waals surface area (Å²) in [6, 6.07) is 10.7. The summed E-state index contributed by atoms with van der Waals surface area (Å²) in [4.78, 5) is 48.2. The van der Waals surface area contributed by atoms with Gasteiger partial charge in [-0.05, 0) is 24.3 Å². The van der Waals surface area contributed by atoms with Crippen molar-refractivity contribution in [3.05, 3.63) is 79.9 Å². The topological polar surface area (TPSA) is 150 Å². The average Bonchev–Trinajstić information content (AvgIpc) is 2.66. The number of nitrogen functional groups attached to an aromatic ring is 1. The number of benzene rings is 3. The van der Waals surface area contributed by atoms with Gasteiger partial charge >= 0.3 is 0 Å². The van der Waals surface area contributed by atoms with Crippen molar-refractivity contribution in [1.29, 1.82) is 0 Å². The second-order valence-electron chi connectivity index (χ2n) is 6.03. The van der Waals surface area contributed by atoms with Gasteiger partial charge in [0.25, 0.3) is 23.2 Å². The van der Waals surface area contributed by atoms with E-state index in [-0.39, 0.29) is 33.3 Å². The quantitative estimate of drug-likeness (QED) is 0.318. The Morgan fingerprint density at radius 3 is 1.71 bits per heavy atom. The fraction of sp³-hybridized carbons (Fsp3) is 0. The molecule has 0 radical (unpaired) electrons. The van der Waals surface area contributed by atoms with E-state index in [1.54, 1.807) is 12.1 Å². The molecule has 1 aliphatic heterocycles. The number of nitro groups is 2. The molecule has 3 aromatic rings. The number of imide groups is 1. The zero-order valence-corrected chi connectivity index (χ0v) is 14.0. The predicted octanol–water partition coefficient (Wildman–Crippen LogP) is 3.04. The van der Waals surface area contributed by atoms with Crippen LogP contribution in [0.3, 0.4) is 0 Å². The van der Waals surface area contributed by atoms with E-state index in [0.29, 0.717) is 0 Å². The number of para-hydroxylation sites is 2. The van der Waals surface area contributed by atoms with Crippen molar-refractivity contribution < 1.29 is 19.4 Å². The Kier molecular flexibility index (Phi) is 3.57. The van der Waals surface area contributed by atoms with Crippen LogP contribution in [-0.4, -0.2) is 21.7 Å². The van der Waals surface area contributed by atoms with Crippen LogP contribution in [0.5, 0.6) is 0 Å². The van der Waals surface area contributed by atoms with Gasteiger partial charge in [-0.25, -0.2) is 4.90 Å². The summed E-state index contributed by atoms with van der Waals surface area (Å²) < 4.78 is 0. The highest BCUT2D eigenvalue weighted by Crippen LogP contribution is 2.42. The van der Waals surface area contributed by atoms with E-state index in [9.17, 15) is 29.8 Å². The molecule has 3 aromatic carbocycles. The number of nitrogens with zero attached hydrogens (tertiary/aromatic N) is 3. The number of hydrogen-bond acceptors (Lipinski definition) is 7. The van der Waals surface area contributed by atoms with Crippen molar-refractivity contribution >= 4 is 45.3 Å². The van der Waals surface area contributed by atoms with Crippen LogP contribution in [0.1, 0.15) is 20.7 Å². The molecule has 1 aliphatic rings. The zero-order chi connectivity index (χ0) is 20.2. The third-order valence-electron chi connectivity index (χ3n) is 4.55. The fourth-order valence-corrected chi connectivity index (χ4v) is 3.36. The van der Waals surface area contributed by atoms with Gasteiger partial charge in [-0.15, -0.1) is 0 Å². The number of carbonyl (C=O) groups excluding carboxylic acids is 2. The molecule has 0 spiro atoms. The van der Waals surface area contributed by atoms with Gasteiger partial charge < -0.3 is 5.73 Å². The maximum absolute atomic E-state index is 13.0. The van der Waals surface area contributed by atoms with E-state index in [0.717, 1.165) is 17.0 Å². The average molecular weight is 378 g/mol. The summed E-state index contributed by atoms with van der Waals surface area (Å²) in [6.07, 6.45) is 0. The van der Waals surface area contributed by atoms with Crippen molar-refractivity contribution in [3.63, 3.8) is 0 Å². The molecule has 28 heavy (non-hydrogen) atoms.